The van der Waals surface area contributed by atoms with Crippen molar-refractivity contribution in [2.45, 2.75) is 205 Å². The molecule has 18 rings (SSSR count). The molecule has 0 amide bonds. The normalized spacial score (nSPS) is 12.5. The van der Waals surface area contributed by atoms with Crippen molar-refractivity contribution in [3.8, 4) is 66.8 Å². The maximum absolute atomic E-state index is 2.37. The quantitative estimate of drug-likeness (QED) is 0.142. The monoisotopic (exact) mass is 1330 g/mol. The first kappa shape index (κ1) is 71.1. The van der Waals surface area contributed by atoms with Crippen molar-refractivity contribution in [3.63, 3.8) is 0 Å². The first-order valence-corrected chi connectivity index (χ1v) is 37.6. The van der Waals surface area contributed by atoms with Gasteiger partial charge in [-0.05, 0) is 449 Å². The predicted molar refractivity (Wildman–Crippen MR) is 442 cm³/mol. The SMILES string of the molecule is Cc1cc(C)c2c(c1C)-c1cccc(C)c1C2.Cc1cc2c(c(C)c1C)-c1c(C)cccc1C2.Cc1ccc2c(c1)-c1c(C)c(C)cc(C)c1C2.Cc1ccc2c(c1)-c1c(cc(C)c(C)c1C)C2.Cc1ccc2c(c1)Cc1c(C)cc(C)c(C)c1-2.Cc1ccc2c(c1)Cc1cc(C)c(C)c(C)c1-2. The molecular formula is C102H108. The van der Waals surface area contributed by atoms with Gasteiger partial charge in [0.05, 0.1) is 0 Å². The van der Waals surface area contributed by atoms with Crippen molar-refractivity contribution in [2.24, 2.45) is 0 Å². The average molecular weight is 1330 g/mol. The minimum atomic E-state index is 1.10. The van der Waals surface area contributed by atoms with Crippen molar-refractivity contribution in [3.05, 3.63) is 346 Å². The molecule has 6 aliphatic carbocycles. The van der Waals surface area contributed by atoms with Crippen LogP contribution >= 0.6 is 0 Å². The van der Waals surface area contributed by atoms with E-state index < -0.39 is 0 Å². The second-order valence-corrected chi connectivity index (χ2v) is 31.8. The number of benzene rings is 12. The van der Waals surface area contributed by atoms with E-state index in [9.17, 15) is 0 Å². The van der Waals surface area contributed by atoms with E-state index >= 15 is 0 Å². The van der Waals surface area contributed by atoms with E-state index in [2.05, 4.69) is 312 Å². The predicted octanol–water partition coefficient (Wildman–Crippen LogP) is 26.9. The Hall–Kier alpha value is -9.36. The third kappa shape index (κ3) is 12.8. The van der Waals surface area contributed by atoms with Crippen molar-refractivity contribution in [2.75, 3.05) is 0 Å². The molecule has 0 saturated heterocycles. The summed E-state index contributed by atoms with van der Waals surface area (Å²) in [5.41, 5.74) is 70.1. The van der Waals surface area contributed by atoms with Gasteiger partial charge >= 0.3 is 0 Å². The molecular weight excluding hydrogens is 1230 g/mol. The number of hydrogen-bond acceptors (Lipinski definition) is 0. The van der Waals surface area contributed by atoms with E-state index in [-0.39, 0.29) is 0 Å². The second kappa shape index (κ2) is 27.8. The number of fused-ring (bicyclic) bond motifs is 18. The Morgan fingerprint density at radius 2 is 0.500 bits per heavy atom. The molecule has 0 aliphatic heterocycles. The zero-order valence-corrected chi connectivity index (χ0v) is 66.1. The van der Waals surface area contributed by atoms with Crippen LogP contribution in [0.1, 0.15) is 200 Å². The number of hydrogen-bond donors (Lipinski definition) is 0. The van der Waals surface area contributed by atoms with E-state index in [1.54, 1.807) is 0 Å². The molecule has 0 fully saturated rings. The first-order chi connectivity index (χ1) is 48.5. The molecule has 12 aromatic rings. The van der Waals surface area contributed by atoms with Crippen molar-refractivity contribution >= 4 is 0 Å². The summed E-state index contributed by atoms with van der Waals surface area (Å²) in [5, 5.41) is 0. The zero-order chi connectivity index (χ0) is 72.9. The Labute approximate surface area is 613 Å². The molecule has 0 bridgehead atoms. The molecule has 0 spiro atoms. The summed E-state index contributed by atoms with van der Waals surface area (Å²) in [7, 11) is 0. The molecule has 0 nitrogen and oxygen atoms in total. The summed E-state index contributed by atoms with van der Waals surface area (Å²) >= 11 is 0. The van der Waals surface area contributed by atoms with Gasteiger partial charge in [0.15, 0.2) is 0 Å². The van der Waals surface area contributed by atoms with Crippen LogP contribution in [0, 0.1) is 166 Å². The van der Waals surface area contributed by atoms with Crippen LogP contribution in [0.2, 0.25) is 0 Å². The van der Waals surface area contributed by atoms with Crippen LogP contribution in [0.25, 0.3) is 66.8 Å². The van der Waals surface area contributed by atoms with E-state index in [0.717, 1.165) is 38.5 Å². The first-order valence-electron chi connectivity index (χ1n) is 37.6. The Balaban J connectivity index is 0.000000109. The Morgan fingerprint density at radius 1 is 0.157 bits per heavy atom. The summed E-state index contributed by atoms with van der Waals surface area (Å²) in [6.45, 7) is 53.4. The Bertz CT molecular complexity index is 5450. The lowest BCUT2D eigenvalue weighted by Gasteiger charge is -2.13. The van der Waals surface area contributed by atoms with Crippen LogP contribution in [-0.2, 0) is 38.5 Å². The van der Waals surface area contributed by atoms with Gasteiger partial charge in [0.2, 0.25) is 0 Å². The highest BCUT2D eigenvalue weighted by Crippen LogP contribution is 2.48. The van der Waals surface area contributed by atoms with E-state index in [1.165, 1.54) is 267 Å². The smallest absolute Gasteiger partial charge is 0.000809 e. The van der Waals surface area contributed by atoms with Gasteiger partial charge in [0, 0.05) is 0 Å². The third-order valence-corrected chi connectivity index (χ3v) is 24.9. The van der Waals surface area contributed by atoms with Crippen molar-refractivity contribution < 1.29 is 0 Å². The molecule has 0 heteroatoms. The molecule has 0 unspecified atom stereocenters. The van der Waals surface area contributed by atoms with Crippen LogP contribution in [0.5, 0.6) is 0 Å². The van der Waals surface area contributed by atoms with Crippen LogP contribution in [0.15, 0.2) is 146 Å². The third-order valence-electron chi connectivity index (χ3n) is 24.9. The molecule has 12 aromatic carbocycles. The highest BCUT2D eigenvalue weighted by Gasteiger charge is 2.29. The standard InChI is InChI=1S/6C17H18/c1-10-5-6-16-14(7-10)9-15-8-11(2)12(3)13(4)17(15)16;1-10-5-6-14-9-15-8-11(2)12(3)13(4)17(15)16(14)7-10;1-10-5-6-15-14(7-10)9-16-12(3)8-11(2)13(4)17(15)16;1-10-5-6-14-9-15-12(3)8-11(2)13(4)17(15)16(14)7-10;1-10-6-5-7-14-9-15-8-11(2)12(3)13(4)17(15)16(10)14;1-10-6-5-7-14-15(10)9-16-12(3)8-11(2)13(4)17(14)16/h6*5-8H,9H2,1-4H3. The highest BCUT2D eigenvalue weighted by molar-refractivity contribution is 5.87. The second-order valence-electron chi connectivity index (χ2n) is 31.8. The van der Waals surface area contributed by atoms with Gasteiger partial charge in [-0.25, -0.2) is 0 Å². The zero-order valence-electron chi connectivity index (χ0n) is 66.1. The maximum atomic E-state index is 2.37. The summed E-state index contributed by atoms with van der Waals surface area (Å²) in [4.78, 5) is 0. The molecule has 6 aliphatic rings. The lowest BCUT2D eigenvalue weighted by atomic mass is 9.92. The molecule has 0 heterocycles. The summed E-state index contributed by atoms with van der Waals surface area (Å²) in [6.07, 6.45) is 6.65. The van der Waals surface area contributed by atoms with E-state index in [0.29, 0.717) is 0 Å². The van der Waals surface area contributed by atoms with Gasteiger partial charge < -0.3 is 0 Å². The van der Waals surface area contributed by atoms with Gasteiger partial charge in [-0.1, -0.05) is 168 Å². The fourth-order valence-electron chi connectivity index (χ4n) is 18.2. The molecule has 516 valence electrons. The fraction of sp³-hybridized carbons (Fsp3) is 0.294. The number of rotatable bonds is 0. The van der Waals surface area contributed by atoms with Gasteiger partial charge in [0.25, 0.3) is 0 Å². The van der Waals surface area contributed by atoms with Crippen LogP contribution in [0.4, 0.5) is 0 Å². The maximum Gasteiger partial charge on any atom is -0.000809 e. The minimum absolute atomic E-state index is 1.10. The van der Waals surface area contributed by atoms with Crippen LogP contribution < -0.4 is 0 Å². The lowest BCUT2D eigenvalue weighted by Crippen LogP contribution is -1.93. The Kier molecular flexibility index (Phi) is 19.3. The van der Waals surface area contributed by atoms with Crippen LogP contribution in [-0.4, -0.2) is 0 Å². The molecule has 102 heavy (non-hydrogen) atoms. The largest absolute Gasteiger partial charge is 0.0617 e. The highest BCUT2D eigenvalue weighted by atomic mass is 14.3. The van der Waals surface area contributed by atoms with Gasteiger partial charge in [-0.2, -0.15) is 0 Å². The van der Waals surface area contributed by atoms with Gasteiger partial charge in [-0.3, -0.25) is 0 Å². The molecule has 0 N–H and O–H groups in total. The van der Waals surface area contributed by atoms with Gasteiger partial charge in [0.1, 0.15) is 0 Å². The number of aryl methyl sites for hydroxylation is 15. The molecule has 0 saturated carbocycles. The lowest BCUT2D eigenvalue weighted by molar-refractivity contribution is 1.17. The van der Waals surface area contributed by atoms with Crippen LogP contribution in [0.3, 0.4) is 0 Å². The minimum Gasteiger partial charge on any atom is -0.0617 e. The van der Waals surface area contributed by atoms with Crippen molar-refractivity contribution in [1.29, 1.82) is 0 Å². The summed E-state index contributed by atoms with van der Waals surface area (Å²) < 4.78 is 0. The molecule has 0 radical (unpaired) electrons. The van der Waals surface area contributed by atoms with E-state index in [1.807, 2.05) is 0 Å². The van der Waals surface area contributed by atoms with Crippen molar-refractivity contribution in [1.82, 2.24) is 0 Å². The molecule has 0 aromatic heterocycles. The topological polar surface area (TPSA) is 0 Å². The average Bonchev–Trinajstić information content (AvgIpc) is 1.63. The van der Waals surface area contributed by atoms with E-state index in [4.69, 9.17) is 0 Å². The summed E-state index contributed by atoms with van der Waals surface area (Å²) in [6, 6.07) is 54.8. The Morgan fingerprint density at radius 3 is 1.02 bits per heavy atom. The molecule has 0 atom stereocenters. The summed E-state index contributed by atoms with van der Waals surface area (Å²) in [5.74, 6) is 0. The van der Waals surface area contributed by atoms with Gasteiger partial charge in [-0.15, -0.1) is 0 Å². The fourth-order valence-corrected chi connectivity index (χ4v) is 18.2.